The molecule has 1 aromatic carbocycles. The van der Waals surface area contributed by atoms with Crippen molar-refractivity contribution in [3.63, 3.8) is 0 Å². The predicted molar refractivity (Wildman–Crippen MR) is 102 cm³/mol. The zero-order valence-corrected chi connectivity index (χ0v) is 16.3. The molecule has 0 aliphatic carbocycles. The Morgan fingerprint density at radius 3 is 2.46 bits per heavy atom. The zero-order chi connectivity index (χ0) is 20.8. The second-order valence-corrected chi connectivity index (χ2v) is 7.16. The highest BCUT2D eigenvalue weighted by Crippen LogP contribution is 2.45. The minimum absolute atomic E-state index is 0.0666. The molecule has 0 saturated carbocycles. The molecule has 0 saturated heterocycles. The maximum Gasteiger partial charge on any atom is 0.422 e. The zero-order valence-electron chi connectivity index (χ0n) is 15.5. The van der Waals surface area contributed by atoms with E-state index in [2.05, 4.69) is 5.32 Å². The molecule has 2 aromatic rings. The van der Waals surface area contributed by atoms with E-state index in [1.165, 1.54) is 17.5 Å². The fourth-order valence-corrected chi connectivity index (χ4v) is 3.53. The van der Waals surface area contributed by atoms with Crippen molar-refractivity contribution in [2.75, 3.05) is 6.61 Å². The van der Waals surface area contributed by atoms with Gasteiger partial charge in [-0.1, -0.05) is 36.4 Å². The fourth-order valence-electron chi connectivity index (χ4n) is 2.69. The van der Waals surface area contributed by atoms with Gasteiger partial charge in [-0.15, -0.1) is 11.3 Å². The summed E-state index contributed by atoms with van der Waals surface area (Å²) < 4.78 is 46.1. The van der Waals surface area contributed by atoms with Gasteiger partial charge in [-0.25, -0.2) is 4.79 Å². The van der Waals surface area contributed by atoms with Crippen LogP contribution in [0.15, 0.2) is 59.6 Å². The van der Waals surface area contributed by atoms with E-state index in [0.717, 1.165) is 23.0 Å². The second-order valence-electron chi connectivity index (χ2n) is 6.21. The monoisotopic (exact) mass is 413 g/mol. The minimum Gasteiger partial charge on any atom is -0.463 e. The standard InChI is InChI=1S/C20H22F3NO3S/c1-3-27-18(25)12-16(24-14(2)15-8-5-4-6-9-15)13-19(26,20(21,22)23)17-10-7-11-28-17/h4-12,14,24,26H,3,13H2,1-2H3/b16-12+/t14-,19+/m1/s1. The van der Waals surface area contributed by atoms with Crippen LogP contribution in [-0.4, -0.2) is 23.9 Å². The summed E-state index contributed by atoms with van der Waals surface area (Å²) in [4.78, 5) is 11.6. The number of alkyl halides is 3. The molecule has 0 spiro atoms. The molecule has 2 atom stereocenters. The second kappa shape index (κ2) is 9.25. The maximum absolute atomic E-state index is 13.8. The van der Waals surface area contributed by atoms with Crippen molar-refractivity contribution in [1.82, 2.24) is 5.32 Å². The van der Waals surface area contributed by atoms with Gasteiger partial charge in [0.05, 0.1) is 6.61 Å². The first kappa shape index (κ1) is 22.0. The van der Waals surface area contributed by atoms with Gasteiger partial charge in [0.2, 0.25) is 0 Å². The summed E-state index contributed by atoms with van der Waals surface area (Å²) in [6, 6.07) is 11.3. The summed E-state index contributed by atoms with van der Waals surface area (Å²) in [5.74, 6) is -0.777. The maximum atomic E-state index is 13.8. The number of aliphatic hydroxyl groups is 1. The molecule has 8 heteroatoms. The summed E-state index contributed by atoms with van der Waals surface area (Å²) in [6.07, 6.45) is -4.80. The number of rotatable bonds is 8. The smallest absolute Gasteiger partial charge is 0.422 e. The molecule has 152 valence electrons. The van der Waals surface area contributed by atoms with Gasteiger partial charge in [-0.05, 0) is 30.9 Å². The highest BCUT2D eigenvalue weighted by Gasteiger charge is 2.56. The first-order valence-electron chi connectivity index (χ1n) is 8.69. The summed E-state index contributed by atoms with van der Waals surface area (Å²) in [6.45, 7) is 3.45. The lowest BCUT2D eigenvalue weighted by Crippen LogP contribution is -2.43. The summed E-state index contributed by atoms with van der Waals surface area (Å²) in [7, 11) is 0. The van der Waals surface area contributed by atoms with Crippen LogP contribution in [0.5, 0.6) is 0 Å². The van der Waals surface area contributed by atoms with Crippen molar-refractivity contribution in [1.29, 1.82) is 0 Å². The number of carbonyl (C=O) groups excluding carboxylic acids is 1. The molecule has 4 nitrogen and oxygen atoms in total. The van der Waals surface area contributed by atoms with Gasteiger partial charge in [0.15, 0.2) is 5.60 Å². The topological polar surface area (TPSA) is 58.6 Å². The van der Waals surface area contributed by atoms with Crippen molar-refractivity contribution in [2.24, 2.45) is 0 Å². The Labute approximate surface area is 165 Å². The van der Waals surface area contributed by atoms with Crippen LogP contribution < -0.4 is 5.32 Å². The van der Waals surface area contributed by atoms with Crippen molar-refractivity contribution >= 4 is 17.3 Å². The van der Waals surface area contributed by atoms with Crippen LogP contribution in [0.1, 0.15) is 36.8 Å². The third-order valence-corrected chi connectivity index (χ3v) is 5.15. The van der Waals surface area contributed by atoms with E-state index < -0.39 is 24.2 Å². The molecule has 1 heterocycles. The van der Waals surface area contributed by atoms with Gasteiger partial charge in [-0.2, -0.15) is 13.2 Å². The van der Waals surface area contributed by atoms with Crippen molar-refractivity contribution in [3.05, 3.63) is 70.1 Å². The molecule has 0 aliphatic heterocycles. The molecule has 0 bridgehead atoms. The molecule has 0 fully saturated rings. The Balaban J connectivity index is 2.36. The Morgan fingerprint density at radius 1 is 1.25 bits per heavy atom. The number of benzene rings is 1. The van der Waals surface area contributed by atoms with Crippen LogP contribution in [0.3, 0.4) is 0 Å². The number of halogens is 3. The average molecular weight is 413 g/mol. The molecular formula is C20H22F3NO3S. The third-order valence-electron chi connectivity index (χ3n) is 4.12. The summed E-state index contributed by atoms with van der Waals surface area (Å²) in [5, 5.41) is 14.9. The predicted octanol–water partition coefficient (Wildman–Crippen LogP) is 4.69. The molecule has 0 radical (unpaired) electrons. The van der Waals surface area contributed by atoms with Crippen molar-refractivity contribution in [3.8, 4) is 0 Å². The van der Waals surface area contributed by atoms with Gasteiger partial charge < -0.3 is 15.2 Å². The number of hydrogen-bond donors (Lipinski definition) is 2. The molecule has 0 aliphatic rings. The number of carbonyl (C=O) groups is 1. The fraction of sp³-hybridized carbons (Fsp3) is 0.350. The van der Waals surface area contributed by atoms with Crippen LogP contribution >= 0.6 is 11.3 Å². The van der Waals surface area contributed by atoms with Crippen LogP contribution in [0, 0.1) is 0 Å². The molecule has 0 unspecified atom stereocenters. The molecule has 0 amide bonds. The van der Waals surface area contributed by atoms with Crippen LogP contribution in [0.2, 0.25) is 0 Å². The van der Waals surface area contributed by atoms with E-state index in [1.807, 2.05) is 18.2 Å². The van der Waals surface area contributed by atoms with E-state index in [9.17, 15) is 23.1 Å². The lowest BCUT2D eigenvalue weighted by Gasteiger charge is -2.31. The van der Waals surface area contributed by atoms with Gasteiger partial charge in [0.1, 0.15) is 0 Å². The van der Waals surface area contributed by atoms with Gasteiger partial charge in [0, 0.05) is 29.1 Å². The molecule has 1 aromatic heterocycles. The van der Waals surface area contributed by atoms with Gasteiger partial charge in [-0.3, -0.25) is 0 Å². The number of thiophene rings is 1. The van der Waals surface area contributed by atoms with Crippen LogP contribution in [0.25, 0.3) is 0 Å². The van der Waals surface area contributed by atoms with E-state index >= 15 is 0 Å². The Morgan fingerprint density at radius 2 is 1.93 bits per heavy atom. The Bertz CT molecular complexity index is 791. The van der Waals surface area contributed by atoms with Crippen molar-refractivity contribution in [2.45, 2.75) is 38.1 Å². The lowest BCUT2D eigenvalue weighted by molar-refractivity contribution is -0.265. The highest BCUT2D eigenvalue weighted by molar-refractivity contribution is 7.10. The summed E-state index contributed by atoms with van der Waals surface area (Å²) >= 11 is 0.802. The highest BCUT2D eigenvalue weighted by atomic mass is 32.1. The van der Waals surface area contributed by atoms with Crippen LogP contribution in [-0.2, 0) is 15.1 Å². The Hall–Kier alpha value is -2.32. The van der Waals surface area contributed by atoms with Gasteiger partial charge >= 0.3 is 12.1 Å². The summed E-state index contributed by atoms with van der Waals surface area (Å²) in [5.41, 5.74) is -2.37. The first-order chi connectivity index (χ1) is 13.2. The number of nitrogens with one attached hydrogen (secondary N) is 1. The van der Waals surface area contributed by atoms with Crippen LogP contribution in [0.4, 0.5) is 13.2 Å². The van der Waals surface area contributed by atoms with E-state index in [4.69, 9.17) is 4.74 Å². The largest absolute Gasteiger partial charge is 0.463 e. The number of esters is 1. The molecular weight excluding hydrogens is 391 g/mol. The first-order valence-corrected chi connectivity index (χ1v) is 9.57. The quantitative estimate of drug-likeness (QED) is 0.487. The molecule has 2 rings (SSSR count). The minimum atomic E-state index is -4.93. The Kier molecular flexibility index (Phi) is 7.26. The number of ether oxygens (including phenoxy) is 1. The lowest BCUT2D eigenvalue weighted by atomic mass is 9.94. The number of hydrogen-bond acceptors (Lipinski definition) is 5. The van der Waals surface area contributed by atoms with E-state index in [1.54, 1.807) is 26.0 Å². The normalized spacial score (nSPS) is 15.6. The SMILES string of the molecule is CCOC(=O)/C=C(\C[C@](O)(c1cccs1)C(F)(F)F)N[C@H](C)c1ccccc1. The third kappa shape index (κ3) is 5.36. The van der Waals surface area contributed by atoms with Crippen molar-refractivity contribution < 1.29 is 27.8 Å². The van der Waals surface area contributed by atoms with E-state index in [0.29, 0.717) is 0 Å². The molecule has 2 N–H and O–H groups in total. The van der Waals surface area contributed by atoms with Gasteiger partial charge in [0.25, 0.3) is 0 Å². The van der Waals surface area contributed by atoms with E-state index in [-0.39, 0.29) is 23.2 Å². The average Bonchev–Trinajstić information content (AvgIpc) is 3.16. The molecule has 28 heavy (non-hydrogen) atoms.